The number of rotatable bonds is 6. The molecule has 0 radical (unpaired) electrons. The zero-order valence-electron chi connectivity index (χ0n) is 10.7. The van der Waals surface area contributed by atoms with Gasteiger partial charge in [0.2, 0.25) is 0 Å². The van der Waals surface area contributed by atoms with Crippen molar-refractivity contribution in [2.45, 2.75) is 38.5 Å². The minimum atomic E-state index is -0.391. The fraction of sp³-hybridized carbons (Fsp3) is 0.533. The smallest absolute Gasteiger partial charge is 0.330 e. The van der Waals surface area contributed by atoms with Crippen LogP contribution in [-0.2, 0) is 14.3 Å². The van der Waals surface area contributed by atoms with Gasteiger partial charge in [0.25, 0.3) is 0 Å². The first-order chi connectivity index (χ1) is 8.81. The number of carbonyl (C=O) groups is 1. The molecular weight excluding hydrogens is 228 g/mol. The molecule has 3 nitrogen and oxygen atoms in total. The van der Waals surface area contributed by atoms with Crippen molar-refractivity contribution in [2.75, 3.05) is 13.2 Å². The summed E-state index contributed by atoms with van der Waals surface area (Å²) in [6.07, 6.45) is 10.5. The Bertz CT molecular complexity index is 391. The van der Waals surface area contributed by atoms with Crippen LogP contribution in [0.5, 0.6) is 0 Å². The maximum Gasteiger partial charge on any atom is 0.330 e. The van der Waals surface area contributed by atoms with Gasteiger partial charge in [-0.3, -0.25) is 0 Å². The maximum absolute atomic E-state index is 10.9. The summed E-state index contributed by atoms with van der Waals surface area (Å²) in [5.74, 6) is 0.718. The second-order valence-electron chi connectivity index (χ2n) is 4.60. The number of allylic oxidation sites excluding steroid dienone is 4. The van der Waals surface area contributed by atoms with Crippen LogP contribution in [0.3, 0.4) is 0 Å². The van der Waals surface area contributed by atoms with Crippen LogP contribution in [0.4, 0.5) is 0 Å². The molecule has 0 amide bonds. The van der Waals surface area contributed by atoms with Crippen LogP contribution in [0.25, 0.3) is 0 Å². The molecule has 0 saturated heterocycles. The topological polar surface area (TPSA) is 35.5 Å². The highest BCUT2D eigenvalue weighted by Crippen LogP contribution is 2.36. The molecule has 2 rings (SSSR count). The lowest BCUT2D eigenvalue weighted by Gasteiger charge is -2.11. The maximum atomic E-state index is 10.9. The lowest BCUT2D eigenvalue weighted by Crippen LogP contribution is -2.08. The molecule has 0 atom stereocenters. The molecule has 3 heteroatoms. The van der Waals surface area contributed by atoms with Gasteiger partial charge in [-0.2, -0.15) is 0 Å². The first-order valence-electron chi connectivity index (χ1n) is 6.64. The Morgan fingerprint density at radius 3 is 2.89 bits per heavy atom. The van der Waals surface area contributed by atoms with Gasteiger partial charge in [0.05, 0.1) is 5.76 Å². The summed E-state index contributed by atoms with van der Waals surface area (Å²) in [6, 6.07) is 0. The third-order valence-electron chi connectivity index (χ3n) is 3.37. The monoisotopic (exact) mass is 248 g/mol. The second-order valence-corrected chi connectivity index (χ2v) is 4.60. The summed E-state index contributed by atoms with van der Waals surface area (Å²) in [4.78, 5) is 10.9. The summed E-state index contributed by atoms with van der Waals surface area (Å²) in [7, 11) is 0. The van der Waals surface area contributed by atoms with Crippen LogP contribution in [0, 0.1) is 0 Å². The number of hydrogen-bond acceptors (Lipinski definition) is 3. The van der Waals surface area contributed by atoms with E-state index in [1.54, 1.807) is 0 Å². The van der Waals surface area contributed by atoms with E-state index in [0.717, 1.165) is 18.6 Å². The van der Waals surface area contributed by atoms with Gasteiger partial charge < -0.3 is 9.47 Å². The molecule has 0 aromatic carbocycles. The zero-order chi connectivity index (χ0) is 12.8. The summed E-state index contributed by atoms with van der Waals surface area (Å²) in [5.41, 5.74) is 2.88. The number of ether oxygens (including phenoxy) is 2. The van der Waals surface area contributed by atoms with Gasteiger partial charge in [0, 0.05) is 12.5 Å². The molecule has 0 fully saturated rings. The Morgan fingerprint density at radius 1 is 1.28 bits per heavy atom. The summed E-state index contributed by atoms with van der Waals surface area (Å²) in [6.45, 7) is 4.08. The fourth-order valence-electron chi connectivity index (χ4n) is 2.53. The van der Waals surface area contributed by atoms with E-state index < -0.39 is 5.97 Å². The fourth-order valence-corrected chi connectivity index (χ4v) is 2.53. The van der Waals surface area contributed by atoms with Crippen LogP contribution in [0.15, 0.2) is 35.6 Å². The van der Waals surface area contributed by atoms with E-state index in [1.807, 2.05) is 0 Å². The van der Waals surface area contributed by atoms with Gasteiger partial charge in [-0.15, -0.1) is 0 Å². The highest BCUT2D eigenvalue weighted by atomic mass is 16.6. The minimum absolute atomic E-state index is 0.292. The van der Waals surface area contributed by atoms with Crippen LogP contribution >= 0.6 is 0 Å². The van der Waals surface area contributed by atoms with Gasteiger partial charge in [0.1, 0.15) is 13.2 Å². The van der Waals surface area contributed by atoms with Crippen molar-refractivity contribution < 1.29 is 14.3 Å². The molecule has 0 unspecified atom stereocenters. The molecule has 0 aromatic heterocycles. The first kappa shape index (κ1) is 12.9. The van der Waals surface area contributed by atoms with Crippen LogP contribution in [0.2, 0.25) is 0 Å². The van der Waals surface area contributed by atoms with Crippen molar-refractivity contribution in [1.29, 1.82) is 0 Å². The molecule has 2 aliphatic carbocycles. The molecule has 0 spiro atoms. The van der Waals surface area contributed by atoms with Crippen molar-refractivity contribution in [3.05, 3.63) is 35.6 Å². The predicted molar refractivity (Wildman–Crippen MR) is 69.9 cm³/mol. The average molecular weight is 248 g/mol. The molecule has 0 saturated carbocycles. The van der Waals surface area contributed by atoms with Gasteiger partial charge >= 0.3 is 5.97 Å². The Labute approximate surface area is 108 Å². The third kappa shape index (κ3) is 3.25. The lowest BCUT2D eigenvalue weighted by molar-refractivity contribution is -0.138. The number of carbonyl (C=O) groups excluding carboxylic acids is 1. The largest absolute Gasteiger partial charge is 0.494 e. The molecular formula is C15H20O3. The van der Waals surface area contributed by atoms with Gasteiger partial charge in [-0.05, 0) is 43.3 Å². The standard InChI is InChI=1S/C15H20O3/c1-2-15(16)18-11-10-17-14-9-5-8-13(14)12-6-3-4-7-12/h2,6H,1,3-5,7-11H2. The Balaban J connectivity index is 1.81. The van der Waals surface area contributed by atoms with Crippen molar-refractivity contribution in [3.8, 4) is 0 Å². The normalized spacial score (nSPS) is 18.8. The Kier molecular flexibility index (Phi) is 4.62. The van der Waals surface area contributed by atoms with Crippen LogP contribution < -0.4 is 0 Å². The van der Waals surface area contributed by atoms with Gasteiger partial charge in [-0.1, -0.05) is 12.7 Å². The Hall–Kier alpha value is -1.51. The summed E-state index contributed by atoms with van der Waals surface area (Å²) in [5, 5.41) is 0. The predicted octanol–water partition coefficient (Wildman–Crippen LogP) is 3.28. The second kappa shape index (κ2) is 6.43. The van der Waals surface area contributed by atoms with Crippen LogP contribution in [-0.4, -0.2) is 19.2 Å². The van der Waals surface area contributed by atoms with Gasteiger partial charge in [-0.25, -0.2) is 4.79 Å². The zero-order valence-corrected chi connectivity index (χ0v) is 10.7. The molecule has 0 N–H and O–H groups in total. The molecule has 98 valence electrons. The van der Waals surface area contributed by atoms with E-state index in [0.29, 0.717) is 13.2 Å². The van der Waals surface area contributed by atoms with Crippen molar-refractivity contribution in [3.63, 3.8) is 0 Å². The minimum Gasteiger partial charge on any atom is -0.494 e. The highest BCUT2D eigenvalue weighted by Gasteiger charge is 2.20. The van der Waals surface area contributed by atoms with Gasteiger partial charge in [0.15, 0.2) is 0 Å². The Morgan fingerprint density at radius 2 is 2.17 bits per heavy atom. The van der Waals surface area contributed by atoms with E-state index in [9.17, 15) is 4.79 Å². The summed E-state index contributed by atoms with van der Waals surface area (Å²) < 4.78 is 10.6. The molecule has 2 aliphatic rings. The van der Waals surface area contributed by atoms with E-state index in [4.69, 9.17) is 9.47 Å². The molecule has 0 aliphatic heterocycles. The van der Waals surface area contributed by atoms with E-state index in [-0.39, 0.29) is 0 Å². The van der Waals surface area contributed by atoms with E-state index in [2.05, 4.69) is 12.7 Å². The quantitative estimate of drug-likeness (QED) is 0.411. The van der Waals surface area contributed by atoms with Crippen molar-refractivity contribution >= 4 is 5.97 Å². The van der Waals surface area contributed by atoms with Crippen molar-refractivity contribution in [2.24, 2.45) is 0 Å². The highest BCUT2D eigenvalue weighted by molar-refractivity contribution is 5.81. The van der Waals surface area contributed by atoms with E-state index >= 15 is 0 Å². The molecule has 0 bridgehead atoms. The number of hydrogen-bond donors (Lipinski definition) is 0. The molecule has 18 heavy (non-hydrogen) atoms. The summed E-state index contributed by atoms with van der Waals surface area (Å²) >= 11 is 0. The molecule has 0 aromatic rings. The average Bonchev–Trinajstić information content (AvgIpc) is 3.04. The van der Waals surface area contributed by atoms with Crippen LogP contribution in [0.1, 0.15) is 38.5 Å². The first-order valence-corrected chi connectivity index (χ1v) is 6.64. The van der Waals surface area contributed by atoms with Crippen molar-refractivity contribution in [1.82, 2.24) is 0 Å². The third-order valence-corrected chi connectivity index (χ3v) is 3.37. The lowest BCUT2D eigenvalue weighted by atomic mass is 10.1. The molecule has 0 heterocycles. The number of esters is 1. The van der Waals surface area contributed by atoms with E-state index in [1.165, 1.54) is 42.9 Å². The SMILES string of the molecule is C=CC(=O)OCCOC1=C(C2=CCCC2)CCC1.